The Kier molecular flexibility index (Phi) is 3.82. The van der Waals surface area contributed by atoms with Crippen molar-refractivity contribution in [2.24, 2.45) is 12.8 Å². The Morgan fingerprint density at radius 2 is 2.17 bits per heavy atom. The van der Waals surface area contributed by atoms with Gasteiger partial charge >= 0.3 is 0 Å². The lowest BCUT2D eigenvalue weighted by Crippen LogP contribution is -2.47. The lowest BCUT2D eigenvalue weighted by atomic mass is 9.94. The van der Waals surface area contributed by atoms with Crippen LogP contribution in [0.25, 0.3) is 0 Å². The van der Waals surface area contributed by atoms with Crippen LogP contribution in [0.5, 0.6) is 0 Å². The first-order chi connectivity index (χ1) is 11.5. The average molecular weight is 335 g/mol. The summed E-state index contributed by atoms with van der Waals surface area (Å²) in [5.74, 6) is -1.32. The molecule has 8 heteroatoms. The fourth-order valence-electron chi connectivity index (χ4n) is 3.63. The highest BCUT2D eigenvalue weighted by Crippen LogP contribution is 2.33. The number of fused-ring (bicyclic) bond motifs is 1. The van der Waals surface area contributed by atoms with Crippen LogP contribution in [0.1, 0.15) is 29.3 Å². The van der Waals surface area contributed by atoms with Gasteiger partial charge in [-0.3, -0.25) is 9.58 Å². The number of nitrogens with two attached hydrogens (primary N) is 1. The van der Waals surface area contributed by atoms with Gasteiger partial charge in [0.25, 0.3) is 0 Å². The minimum Gasteiger partial charge on any atom is -0.370 e. The van der Waals surface area contributed by atoms with Gasteiger partial charge in [0.1, 0.15) is 11.9 Å². The largest absolute Gasteiger partial charge is 0.370 e. The maximum absolute atomic E-state index is 13.9. The molecule has 4 heterocycles. The molecule has 2 aromatic heterocycles. The molecule has 3 atom stereocenters. The second-order valence-electron chi connectivity index (χ2n) is 6.52. The summed E-state index contributed by atoms with van der Waals surface area (Å²) in [4.78, 5) is 5.69. The highest BCUT2D eigenvalue weighted by molar-refractivity contribution is 5.22. The molecule has 1 fully saturated rings. The van der Waals surface area contributed by atoms with E-state index in [9.17, 15) is 8.78 Å². The van der Waals surface area contributed by atoms with Crippen LogP contribution in [0.4, 0.5) is 8.78 Å². The smallest absolute Gasteiger partial charge is 0.218 e. The van der Waals surface area contributed by atoms with Crippen molar-refractivity contribution in [3.05, 3.63) is 47.0 Å². The van der Waals surface area contributed by atoms with E-state index >= 15 is 0 Å². The molecule has 2 aromatic rings. The van der Waals surface area contributed by atoms with Gasteiger partial charge in [0.15, 0.2) is 0 Å². The summed E-state index contributed by atoms with van der Waals surface area (Å²) >= 11 is 0. The molecule has 1 saturated heterocycles. The summed E-state index contributed by atoms with van der Waals surface area (Å²) in [6.45, 7) is 1.99. The number of halogens is 2. The SMILES string of the molecule is Cn1cc2c(n1)CN([C@H]1CO[C@H](c3cc(F)cnc3F)[C@@H](N)C1)C2. The van der Waals surface area contributed by atoms with Gasteiger partial charge in [-0.15, -0.1) is 0 Å². The van der Waals surface area contributed by atoms with Gasteiger partial charge in [0.05, 0.1) is 18.5 Å². The molecule has 4 rings (SSSR count). The van der Waals surface area contributed by atoms with Crippen molar-refractivity contribution in [1.29, 1.82) is 0 Å². The first kappa shape index (κ1) is 15.6. The molecule has 6 nitrogen and oxygen atoms in total. The average Bonchev–Trinajstić information content (AvgIpc) is 3.07. The molecule has 2 aliphatic rings. The Hall–Kier alpha value is -1.90. The molecular weight excluding hydrogens is 316 g/mol. The van der Waals surface area contributed by atoms with Gasteiger partial charge in [-0.2, -0.15) is 9.49 Å². The highest BCUT2D eigenvalue weighted by Gasteiger charge is 2.37. The molecule has 0 aliphatic carbocycles. The van der Waals surface area contributed by atoms with Crippen LogP contribution < -0.4 is 5.73 Å². The Bertz CT molecular complexity index is 741. The third-order valence-corrected chi connectivity index (χ3v) is 4.78. The molecule has 2 aliphatic heterocycles. The molecule has 2 N–H and O–H groups in total. The van der Waals surface area contributed by atoms with Crippen LogP contribution in [0.15, 0.2) is 18.5 Å². The number of hydrogen-bond acceptors (Lipinski definition) is 5. The summed E-state index contributed by atoms with van der Waals surface area (Å²) < 4.78 is 34.8. The van der Waals surface area contributed by atoms with Crippen LogP contribution in [0, 0.1) is 11.8 Å². The number of nitrogens with zero attached hydrogens (tertiary/aromatic N) is 4. The van der Waals surface area contributed by atoms with Gasteiger partial charge in [-0.25, -0.2) is 9.37 Å². The lowest BCUT2D eigenvalue weighted by Gasteiger charge is -2.38. The normalized spacial score (nSPS) is 27.4. The monoisotopic (exact) mass is 335 g/mol. The zero-order valence-electron chi connectivity index (χ0n) is 13.3. The molecule has 0 aromatic carbocycles. The molecule has 0 amide bonds. The Balaban J connectivity index is 1.45. The van der Waals surface area contributed by atoms with Crippen molar-refractivity contribution in [3.63, 3.8) is 0 Å². The second-order valence-corrected chi connectivity index (χ2v) is 6.52. The van der Waals surface area contributed by atoms with E-state index in [2.05, 4.69) is 15.0 Å². The lowest BCUT2D eigenvalue weighted by molar-refractivity contribution is -0.0536. The fraction of sp³-hybridized carbons (Fsp3) is 0.500. The predicted molar refractivity (Wildman–Crippen MR) is 81.7 cm³/mol. The molecule has 0 saturated carbocycles. The molecule has 0 bridgehead atoms. The van der Waals surface area contributed by atoms with Crippen LogP contribution in [0.2, 0.25) is 0 Å². The Morgan fingerprint density at radius 3 is 2.92 bits per heavy atom. The Labute approximate surface area is 138 Å². The molecule has 24 heavy (non-hydrogen) atoms. The van der Waals surface area contributed by atoms with E-state index in [0.717, 1.165) is 31.0 Å². The number of aryl methyl sites for hydroxylation is 1. The van der Waals surface area contributed by atoms with Gasteiger partial charge in [0.2, 0.25) is 5.95 Å². The molecule has 0 unspecified atom stereocenters. The van der Waals surface area contributed by atoms with E-state index in [1.165, 1.54) is 5.56 Å². The summed E-state index contributed by atoms with van der Waals surface area (Å²) in [7, 11) is 1.91. The van der Waals surface area contributed by atoms with Crippen LogP contribution in [0.3, 0.4) is 0 Å². The topological polar surface area (TPSA) is 69.2 Å². The number of rotatable bonds is 2. The van der Waals surface area contributed by atoms with Crippen molar-refractivity contribution in [1.82, 2.24) is 19.7 Å². The zero-order valence-corrected chi connectivity index (χ0v) is 13.3. The van der Waals surface area contributed by atoms with Gasteiger partial charge < -0.3 is 10.5 Å². The molecule has 128 valence electrons. The van der Waals surface area contributed by atoms with Crippen LogP contribution in [-0.2, 0) is 24.9 Å². The summed E-state index contributed by atoms with van der Waals surface area (Å²) in [6.07, 6.45) is 2.85. The van der Waals surface area contributed by atoms with Crippen molar-refractivity contribution < 1.29 is 13.5 Å². The van der Waals surface area contributed by atoms with Gasteiger partial charge in [-0.1, -0.05) is 0 Å². The standard InChI is InChI=1S/C16H19F2N5O/c1-22-5-9-6-23(7-14(9)21-22)11-3-13(19)15(24-8-11)12-2-10(17)4-20-16(12)18/h2,4-5,11,13,15H,3,6-8,19H2,1H3/t11-,13+,15-/m1/s1. The van der Waals surface area contributed by atoms with Crippen LogP contribution >= 0.6 is 0 Å². The number of hydrogen-bond donors (Lipinski definition) is 1. The van der Waals surface area contributed by atoms with Gasteiger partial charge in [-0.05, 0) is 12.5 Å². The van der Waals surface area contributed by atoms with E-state index < -0.39 is 23.9 Å². The van der Waals surface area contributed by atoms with E-state index in [4.69, 9.17) is 10.5 Å². The van der Waals surface area contributed by atoms with Gasteiger partial charge in [0, 0.05) is 49.5 Å². The third-order valence-electron chi connectivity index (χ3n) is 4.78. The number of aromatic nitrogens is 3. The minimum absolute atomic E-state index is 0.0907. The van der Waals surface area contributed by atoms with E-state index in [0.29, 0.717) is 13.0 Å². The summed E-state index contributed by atoms with van der Waals surface area (Å²) in [5, 5.41) is 4.44. The van der Waals surface area contributed by atoms with Crippen molar-refractivity contribution in [3.8, 4) is 0 Å². The molecule has 0 radical (unpaired) electrons. The van der Waals surface area contributed by atoms with Crippen molar-refractivity contribution in [2.75, 3.05) is 6.61 Å². The molecule has 0 spiro atoms. The van der Waals surface area contributed by atoms with E-state index in [1.54, 1.807) is 0 Å². The third kappa shape index (κ3) is 2.70. The first-order valence-corrected chi connectivity index (χ1v) is 7.95. The van der Waals surface area contributed by atoms with Crippen molar-refractivity contribution >= 4 is 0 Å². The summed E-state index contributed by atoms with van der Waals surface area (Å²) in [6, 6.07) is 0.837. The molecular formula is C16H19F2N5O. The summed E-state index contributed by atoms with van der Waals surface area (Å²) in [5.41, 5.74) is 8.59. The zero-order chi connectivity index (χ0) is 16.8. The maximum atomic E-state index is 13.9. The maximum Gasteiger partial charge on any atom is 0.218 e. The predicted octanol–water partition coefficient (Wildman–Crippen LogP) is 1.27. The fourth-order valence-corrected chi connectivity index (χ4v) is 3.63. The van der Waals surface area contributed by atoms with E-state index in [-0.39, 0.29) is 11.6 Å². The Morgan fingerprint density at radius 1 is 1.33 bits per heavy atom. The highest BCUT2D eigenvalue weighted by atomic mass is 19.1. The number of ether oxygens (including phenoxy) is 1. The second kappa shape index (κ2) is 5.87. The van der Waals surface area contributed by atoms with E-state index in [1.807, 2.05) is 17.9 Å². The number of pyridine rings is 1. The quantitative estimate of drug-likeness (QED) is 0.837. The van der Waals surface area contributed by atoms with Crippen LogP contribution in [-0.4, -0.2) is 38.4 Å². The first-order valence-electron chi connectivity index (χ1n) is 7.95. The minimum atomic E-state index is -0.728. The van der Waals surface area contributed by atoms with Crippen molar-refractivity contribution in [2.45, 2.75) is 37.7 Å².